The Hall–Kier alpha value is -3.77. The fraction of sp³-hybridized carbons (Fsp3) is 0.207. The zero-order valence-corrected chi connectivity index (χ0v) is 21.1. The van der Waals surface area contributed by atoms with Gasteiger partial charge in [0, 0.05) is 15.8 Å². The zero-order chi connectivity index (χ0) is 24.5. The van der Waals surface area contributed by atoms with Gasteiger partial charge in [0.2, 0.25) is 0 Å². The fourth-order valence-electron chi connectivity index (χ4n) is 4.21. The van der Waals surface area contributed by atoms with E-state index in [0.29, 0.717) is 28.1 Å². The first-order valence-electron chi connectivity index (χ1n) is 11.7. The number of pyridine rings is 1. The van der Waals surface area contributed by atoms with E-state index >= 15 is 0 Å². The Morgan fingerprint density at radius 1 is 1.00 bits per heavy atom. The number of nitrogens with zero attached hydrogens (tertiary/aromatic N) is 2. The number of aromatic nitrogens is 2. The average Bonchev–Trinajstić information content (AvgIpc) is 3.43. The first-order valence-corrected chi connectivity index (χ1v) is 12.5. The van der Waals surface area contributed by atoms with Crippen molar-refractivity contribution in [3.05, 3.63) is 88.5 Å². The van der Waals surface area contributed by atoms with Crippen LogP contribution in [0.25, 0.3) is 33.6 Å². The molecule has 5 nitrogen and oxygen atoms in total. The van der Waals surface area contributed by atoms with Crippen molar-refractivity contribution >= 4 is 33.3 Å². The number of para-hydroxylation sites is 1. The Morgan fingerprint density at radius 2 is 1.77 bits per heavy atom. The first kappa shape index (κ1) is 23.0. The van der Waals surface area contributed by atoms with E-state index < -0.39 is 0 Å². The van der Waals surface area contributed by atoms with E-state index in [9.17, 15) is 4.79 Å². The molecule has 0 aliphatic rings. The second kappa shape index (κ2) is 9.47. The van der Waals surface area contributed by atoms with Crippen molar-refractivity contribution in [1.29, 1.82) is 0 Å². The van der Waals surface area contributed by atoms with Gasteiger partial charge in [0.05, 0.1) is 16.8 Å². The van der Waals surface area contributed by atoms with Crippen LogP contribution in [0, 0.1) is 19.8 Å². The largest absolute Gasteiger partial charge is 0.460 e. The lowest BCUT2D eigenvalue weighted by atomic mass is 10.0. The van der Waals surface area contributed by atoms with Crippen LogP contribution >= 0.6 is 11.3 Å². The lowest BCUT2D eigenvalue weighted by Gasteiger charge is -2.08. The molecule has 0 fully saturated rings. The Morgan fingerprint density at radius 3 is 2.49 bits per heavy atom. The van der Waals surface area contributed by atoms with Crippen molar-refractivity contribution in [2.24, 2.45) is 5.92 Å². The fourth-order valence-corrected chi connectivity index (χ4v) is 5.04. The molecule has 0 aliphatic heterocycles. The summed E-state index contributed by atoms with van der Waals surface area (Å²) in [5.41, 5.74) is 5.16. The van der Waals surface area contributed by atoms with Gasteiger partial charge in [0.1, 0.15) is 11.5 Å². The molecule has 0 spiro atoms. The Kier molecular flexibility index (Phi) is 6.22. The molecule has 1 N–H and O–H groups in total. The van der Waals surface area contributed by atoms with Crippen LogP contribution in [0.15, 0.2) is 71.1 Å². The second-order valence-corrected chi connectivity index (χ2v) is 10.4. The number of hydrogen-bond donors (Lipinski definition) is 1. The van der Waals surface area contributed by atoms with Crippen molar-refractivity contribution in [2.75, 3.05) is 5.32 Å². The van der Waals surface area contributed by atoms with Crippen LogP contribution in [0.4, 0.5) is 5.13 Å². The summed E-state index contributed by atoms with van der Waals surface area (Å²) in [4.78, 5) is 23.9. The van der Waals surface area contributed by atoms with Crippen molar-refractivity contribution in [1.82, 2.24) is 9.97 Å². The summed E-state index contributed by atoms with van der Waals surface area (Å²) in [6.45, 7) is 8.36. The minimum absolute atomic E-state index is 0.222. The minimum atomic E-state index is -0.222. The number of nitrogens with one attached hydrogen (secondary N) is 1. The van der Waals surface area contributed by atoms with E-state index in [1.165, 1.54) is 16.9 Å². The number of carbonyl (C=O) groups excluding carboxylic acids is 1. The molecule has 0 radical (unpaired) electrons. The highest BCUT2D eigenvalue weighted by molar-refractivity contribution is 7.16. The molecule has 0 unspecified atom stereocenters. The van der Waals surface area contributed by atoms with Gasteiger partial charge < -0.3 is 4.42 Å². The van der Waals surface area contributed by atoms with Crippen LogP contribution in [0.1, 0.15) is 40.4 Å². The Bertz CT molecular complexity index is 1510. The van der Waals surface area contributed by atoms with Gasteiger partial charge in [0.15, 0.2) is 10.9 Å². The van der Waals surface area contributed by atoms with Crippen LogP contribution in [0.5, 0.6) is 0 Å². The van der Waals surface area contributed by atoms with Crippen molar-refractivity contribution < 1.29 is 9.21 Å². The lowest BCUT2D eigenvalue weighted by molar-refractivity contribution is 0.102. The average molecular weight is 482 g/mol. The van der Waals surface area contributed by atoms with E-state index in [1.807, 2.05) is 50.2 Å². The van der Waals surface area contributed by atoms with Crippen molar-refractivity contribution in [2.45, 2.75) is 34.1 Å². The van der Waals surface area contributed by atoms with Gasteiger partial charge in [-0.25, -0.2) is 9.97 Å². The minimum Gasteiger partial charge on any atom is -0.460 e. The van der Waals surface area contributed by atoms with Gasteiger partial charge in [-0.05, 0) is 56.0 Å². The molecule has 0 atom stereocenters. The van der Waals surface area contributed by atoms with Gasteiger partial charge in [0.25, 0.3) is 5.91 Å². The summed E-state index contributed by atoms with van der Waals surface area (Å²) in [5, 5.41) is 4.37. The predicted molar refractivity (Wildman–Crippen MR) is 143 cm³/mol. The van der Waals surface area contributed by atoms with E-state index in [-0.39, 0.29) is 5.91 Å². The molecule has 0 saturated carbocycles. The van der Waals surface area contributed by atoms with Gasteiger partial charge in [-0.1, -0.05) is 56.3 Å². The Balaban J connectivity index is 1.45. The van der Waals surface area contributed by atoms with Crippen LogP contribution < -0.4 is 5.32 Å². The third-order valence-corrected chi connectivity index (χ3v) is 6.73. The predicted octanol–water partition coefficient (Wildman–Crippen LogP) is 7.69. The zero-order valence-electron chi connectivity index (χ0n) is 20.3. The number of fused-ring (bicyclic) bond motifs is 1. The first-order chi connectivity index (χ1) is 16.9. The van der Waals surface area contributed by atoms with E-state index in [4.69, 9.17) is 14.4 Å². The molecule has 0 bridgehead atoms. The molecule has 176 valence electrons. The number of anilines is 1. The molecule has 5 aromatic rings. The van der Waals surface area contributed by atoms with Crippen LogP contribution in [0.2, 0.25) is 0 Å². The molecular formula is C29H27N3O2S. The summed E-state index contributed by atoms with van der Waals surface area (Å²) >= 11 is 1.48. The maximum atomic E-state index is 13.4. The molecule has 1 amide bonds. The standard InChI is InChI=1S/C29H27N3O2S/c1-17(2)15-20-10-12-21(13-11-20)27-19(4)35-29(31-27)32-28(33)23-16-25(26-14-9-18(3)34-26)30-24-8-6-5-7-22(23)24/h5-14,16-17H,15H2,1-4H3,(H,31,32,33). The monoisotopic (exact) mass is 481 g/mol. The van der Waals surface area contributed by atoms with Crippen molar-refractivity contribution in [3.63, 3.8) is 0 Å². The summed E-state index contributed by atoms with van der Waals surface area (Å²) in [6, 6.07) is 21.7. The van der Waals surface area contributed by atoms with E-state index in [0.717, 1.165) is 39.2 Å². The third-order valence-electron chi connectivity index (χ3n) is 5.84. The summed E-state index contributed by atoms with van der Waals surface area (Å²) in [5.74, 6) is 1.82. The number of carbonyl (C=O) groups is 1. The molecule has 6 heteroatoms. The number of aryl methyl sites for hydroxylation is 2. The van der Waals surface area contributed by atoms with Crippen molar-refractivity contribution in [3.8, 4) is 22.7 Å². The third kappa shape index (κ3) is 4.88. The highest BCUT2D eigenvalue weighted by Crippen LogP contribution is 2.32. The van der Waals surface area contributed by atoms with Crippen LogP contribution in [-0.4, -0.2) is 15.9 Å². The molecule has 5 rings (SSSR count). The summed E-state index contributed by atoms with van der Waals surface area (Å²) in [6.07, 6.45) is 1.05. The van der Waals surface area contributed by atoms with E-state index in [1.54, 1.807) is 6.07 Å². The molecule has 0 saturated heterocycles. The number of hydrogen-bond acceptors (Lipinski definition) is 5. The highest BCUT2D eigenvalue weighted by Gasteiger charge is 2.18. The lowest BCUT2D eigenvalue weighted by Crippen LogP contribution is -2.13. The Labute approximate surface area is 208 Å². The number of amides is 1. The van der Waals surface area contributed by atoms with Crippen LogP contribution in [-0.2, 0) is 6.42 Å². The summed E-state index contributed by atoms with van der Waals surface area (Å²) in [7, 11) is 0. The number of benzene rings is 2. The van der Waals surface area contributed by atoms with Crippen LogP contribution in [0.3, 0.4) is 0 Å². The smallest absolute Gasteiger partial charge is 0.258 e. The number of rotatable bonds is 6. The molecular weight excluding hydrogens is 454 g/mol. The van der Waals surface area contributed by atoms with Gasteiger partial charge in [-0.2, -0.15) is 0 Å². The molecule has 35 heavy (non-hydrogen) atoms. The van der Waals surface area contributed by atoms with Gasteiger partial charge >= 0.3 is 0 Å². The second-order valence-electron chi connectivity index (χ2n) is 9.16. The van der Waals surface area contributed by atoms with E-state index in [2.05, 4.69) is 43.4 Å². The molecule has 3 heterocycles. The normalized spacial score (nSPS) is 11.3. The van der Waals surface area contributed by atoms with Gasteiger partial charge in [-0.15, -0.1) is 11.3 Å². The quantitative estimate of drug-likeness (QED) is 0.270. The maximum Gasteiger partial charge on any atom is 0.258 e. The topological polar surface area (TPSA) is 68.0 Å². The molecule has 3 aromatic heterocycles. The molecule has 0 aliphatic carbocycles. The SMILES string of the molecule is Cc1ccc(-c2cc(C(=O)Nc3nc(-c4ccc(CC(C)C)cc4)c(C)s3)c3ccccc3n2)o1. The number of thiazole rings is 1. The summed E-state index contributed by atoms with van der Waals surface area (Å²) < 4.78 is 5.76. The van der Waals surface area contributed by atoms with Gasteiger partial charge in [-0.3, -0.25) is 10.1 Å². The number of furan rings is 1. The highest BCUT2D eigenvalue weighted by atomic mass is 32.1. The molecule has 2 aromatic carbocycles. The maximum absolute atomic E-state index is 13.4.